The SMILES string of the molecule is C[C@H](NC(=O)c1ccccc1Cl)C(=O)OCc1cn2ccccc2c1C#N. The van der Waals surface area contributed by atoms with E-state index in [1.54, 1.807) is 34.9 Å². The van der Waals surface area contributed by atoms with Gasteiger partial charge in [-0.25, -0.2) is 4.79 Å². The summed E-state index contributed by atoms with van der Waals surface area (Å²) in [6, 6.07) is 13.3. The summed E-state index contributed by atoms with van der Waals surface area (Å²) in [5.74, 6) is -1.06. The number of aromatic nitrogens is 1. The number of rotatable bonds is 5. The van der Waals surface area contributed by atoms with E-state index in [0.717, 1.165) is 5.52 Å². The fourth-order valence-corrected chi connectivity index (χ4v) is 2.89. The summed E-state index contributed by atoms with van der Waals surface area (Å²) in [7, 11) is 0. The number of hydrogen-bond acceptors (Lipinski definition) is 4. The number of amides is 1. The van der Waals surface area contributed by atoms with Crippen LogP contribution in [0.3, 0.4) is 0 Å². The normalized spacial score (nSPS) is 11.6. The van der Waals surface area contributed by atoms with Crippen LogP contribution in [0.25, 0.3) is 5.52 Å². The Kier molecular flexibility index (Phi) is 5.43. The molecule has 0 fully saturated rings. The Morgan fingerprint density at radius 3 is 2.74 bits per heavy atom. The van der Waals surface area contributed by atoms with Crippen LogP contribution in [0.2, 0.25) is 5.02 Å². The first-order valence-electron chi connectivity index (χ1n) is 8.22. The zero-order chi connectivity index (χ0) is 19.4. The highest BCUT2D eigenvalue weighted by Gasteiger charge is 2.20. The Bertz CT molecular complexity index is 1050. The van der Waals surface area contributed by atoms with Gasteiger partial charge in [0, 0.05) is 18.0 Å². The highest BCUT2D eigenvalue weighted by molar-refractivity contribution is 6.33. The van der Waals surface area contributed by atoms with Crippen LogP contribution in [0.5, 0.6) is 0 Å². The molecule has 1 aromatic carbocycles. The van der Waals surface area contributed by atoms with E-state index in [1.165, 1.54) is 6.92 Å². The number of carbonyl (C=O) groups excluding carboxylic acids is 2. The number of ether oxygens (including phenoxy) is 1. The molecule has 27 heavy (non-hydrogen) atoms. The number of nitriles is 1. The fourth-order valence-electron chi connectivity index (χ4n) is 2.67. The molecule has 0 spiro atoms. The van der Waals surface area contributed by atoms with E-state index in [2.05, 4.69) is 11.4 Å². The number of nitrogens with zero attached hydrogens (tertiary/aromatic N) is 2. The van der Waals surface area contributed by atoms with Gasteiger partial charge in [0.05, 0.1) is 21.7 Å². The summed E-state index contributed by atoms with van der Waals surface area (Å²) >= 11 is 5.99. The predicted octanol–water partition coefficient (Wildman–Crippen LogP) is 3.33. The highest BCUT2D eigenvalue weighted by Crippen LogP contribution is 2.19. The van der Waals surface area contributed by atoms with Gasteiger partial charge in [-0.15, -0.1) is 0 Å². The summed E-state index contributed by atoms with van der Waals surface area (Å²) < 4.78 is 7.07. The Balaban J connectivity index is 1.65. The van der Waals surface area contributed by atoms with Crippen LogP contribution >= 0.6 is 11.6 Å². The average molecular weight is 382 g/mol. The van der Waals surface area contributed by atoms with Crippen molar-refractivity contribution < 1.29 is 14.3 Å². The molecule has 0 saturated heterocycles. The van der Waals surface area contributed by atoms with Gasteiger partial charge in [-0.05, 0) is 31.2 Å². The van der Waals surface area contributed by atoms with E-state index < -0.39 is 17.9 Å². The van der Waals surface area contributed by atoms with Gasteiger partial charge in [0.2, 0.25) is 0 Å². The molecule has 0 aliphatic rings. The van der Waals surface area contributed by atoms with Gasteiger partial charge in [-0.3, -0.25) is 4.79 Å². The number of carbonyl (C=O) groups is 2. The summed E-state index contributed by atoms with van der Waals surface area (Å²) in [6.45, 7) is 1.47. The number of pyridine rings is 1. The molecule has 1 N–H and O–H groups in total. The van der Waals surface area contributed by atoms with Crippen molar-refractivity contribution in [3.63, 3.8) is 0 Å². The minimum absolute atomic E-state index is 0.0598. The highest BCUT2D eigenvalue weighted by atomic mass is 35.5. The molecule has 1 amide bonds. The molecule has 0 aliphatic heterocycles. The second-order valence-corrected chi connectivity index (χ2v) is 6.32. The van der Waals surface area contributed by atoms with Crippen molar-refractivity contribution in [3.8, 4) is 6.07 Å². The van der Waals surface area contributed by atoms with Crippen LogP contribution in [0.4, 0.5) is 0 Å². The summed E-state index contributed by atoms with van der Waals surface area (Å²) in [6.07, 6.45) is 3.56. The van der Waals surface area contributed by atoms with Gasteiger partial charge in [-0.1, -0.05) is 29.8 Å². The van der Waals surface area contributed by atoms with E-state index in [0.29, 0.717) is 16.1 Å². The monoisotopic (exact) mass is 381 g/mol. The molecule has 1 atom stereocenters. The number of halogens is 1. The predicted molar refractivity (Wildman–Crippen MR) is 100 cm³/mol. The maximum absolute atomic E-state index is 12.2. The number of fused-ring (bicyclic) bond motifs is 1. The van der Waals surface area contributed by atoms with Crippen LogP contribution < -0.4 is 5.32 Å². The molecule has 6 nitrogen and oxygen atoms in total. The van der Waals surface area contributed by atoms with Crippen molar-refractivity contribution in [1.29, 1.82) is 5.26 Å². The van der Waals surface area contributed by atoms with E-state index in [1.807, 2.05) is 24.4 Å². The number of nitrogens with one attached hydrogen (secondary N) is 1. The average Bonchev–Trinajstić information content (AvgIpc) is 3.03. The molecule has 3 aromatic rings. The number of benzene rings is 1. The molecule has 136 valence electrons. The summed E-state index contributed by atoms with van der Waals surface area (Å²) in [5.41, 5.74) is 2.08. The molecular weight excluding hydrogens is 366 g/mol. The minimum Gasteiger partial charge on any atom is -0.459 e. The molecule has 2 aromatic heterocycles. The van der Waals surface area contributed by atoms with Gasteiger partial charge in [-0.2, -0.15) is 5.26 Å². The van der Waals surface area contributed by atoms with Crippen molar-refractivity contribution >= 4 is 29.0 Å². The van der Waals surface area contributed by atoms with Gasteiger partial charge >= 0.3 is 5.97 Å². The summed E-state index contributed by atoms with van der Waals surface area (Å²) in [5, 5.41) is 12.2. The fraction of sp³-hybridized carbons (Fsp3) is 0.150. The molecule has 3 rings (SSSR count). The standard InChI is InChI=1S/C20H16ClN3O3/c1-13(23-19(25)15-6-2-3-7-17(15)21)20(26)27-12-14-11-24-9-5-4-8-18(24)16(14)10-22/h2-9,11,13H,12H2,1H3,(H,23,25)/t13-/m0/s1. The lowest BCUT2D eigenvalue weighted by Gasteiger charge is -2.13. The lowest BCUT2D eigenvalue weighted by Crippen LogP contribution is -2.39. The minimum atomic E-state index is -0.865. The number of esters is 1. The van der Waals surface area contributed by atoms with E-state index in [9.17, 15) is 14.9 Å². The third-order valence-electron chi connectivity index (χ3n) is 4.06. The van der Waals surface area contributed by atoms with E-state index in [4.69, 9.17) is 16.3 Å². The van der Waals surface area contributed by atoms with Gasteiger partial charge in [0.15, 0.2) is 0 Å². The molecule has 2 heterocycles. The first-order valence-corrected chi connectivity index (χ1v) is 8.59. The van der Waals surface area contributed by atoms with E-state index >= 15 is 0 Å². The van der Waals surface area contributed by atoms with Crippen molar-refractivity contribution in [1.82, 2.24) is 9.72 Å². The lowest BCUT2D eigenvalue weighted by atomic mass is 10.2. The van der Waals surface area contributed by atoms with Crippen LogP contribution in [-0.2, 0) is 16.1 Å². The third kappa shape index (κ3) is 3.94. The molecule has 0 saturated carbocycles. The lowest BCUT2D eigenvalue weighted by molar-refractivity contribution is -0.146. The number of hydrogen-bond donors (Lipinski definition) is 1. The molecular formula is C20H16ClN3O3. The smallest absolute Gasteiger partial charge is 0.328 e. The molecule has 7 heteroatoms. The van der Waals surface area contributed by atoms with Crippen molar-refractivity contribution in [2.75, 3.05) is 0 Å². The second kappa shape index (κ2) is 7.94. The van der Waals surface area contributed by atoms with Gasteiger partial charge < -0.3 is 14.5 Å². The Hall–Kier alpha value is -3.30. The Labute approximate surface area is 160 Å². The van der Waals surface area contributed by atoms with Gasteiger partial charge in [0.1, 0.15) is 18.7 Å². The maximum Gasteiger partial charge on any atom is 0.328 e. The van der Waals surface area contributed by atoms with Crippen LogP contribution in [-0.4, -0.2) is 22.3 Å². The van der Waals surface area contributed by atoms with Crippen LogP contribution in [0.1, 0.15) is 28.4 Å². The third-order valence-corrected chi connectivity index (χ3v) is 4.39. The first kappa shape index (κ1) is 18.5. The zero-order valence-electron chi connectivity index (χ0n) is 14.5. The molecule has 0 aliphatic carbocycles. The second-order valence-electron chi connectivity index (χ2n) is 5.92. The maximum atomic E-state index is 12.2. The molecule has 0 radical (unpaired) electrons. The molecule has 0 bridgehead atoms. The Morgan fingerprint density at radius 2 is 2.00 bits per heavy atom. The zero-order valence-corrected chi connectivity index (χ0v) is 15.2. The van der Waals surface area contributed by atoms with Crippen molar-refractivity contribution in [2.24, 2.45) is 0 Å². The Morgan fingerprint density at radius 1 is 1.26 bits per heavy atom. The topological polar surface area (TPSA) is 83.6 Å². The van der Waals surface area contributed by atoms with Gasteiger partial charge in [0.25, 0.3) is 5.91 Å². The largest absolute Gasteiger partial charge is 0.459 e. The van der Waals surface area contributed by atoms with Crippen LogP contribution in [0, 0.1) is 11.3 Å². The van der Waals surface area contributed by atoms with Crippen LogP contribution in [0.15, 0.2) is 54.9 Å². The quantitative estimate of drug-likeness (QED) is 0.687. The summed E-state index contributed by atoms with van der Waals surface area (Å²) in [4.78, 5) is 24.4. The van der Waals surface area contributed by atoms with E-state index in [-0.39, 0.29) is 12.2 Å². The first-order chi connectivity index (χ1) is 13.0. The molecule has 0 unspecified atom stereocenters. The van der Waals surface area contributed by atoms with Crippen molar-refractivity contribution in [2.45, 2.75) is 19.6 Å². The van der Waals surface area contributed by atoms with Crippen molar-refractivity contribution in [3.05, 3.63) is 76.6 Å².